The fourth-order valence-corrected chi connectivity index (χ4v) is 1.60. The average Bonchev–Trinajstić information content (AvgIpc) is 2.62. The maximum Gasteiger partial charge on any atom is 0.137 e. The minimum absolute atomic E-state index is 0. The molecule has 0 aliphatic rings. The van der Waals surface area contributed by atoms with Gasteiger partial charge in [0.15, 0.2) is 0 Å². The summed E-state index contributed by atoms with van der Waals surface area (Å²) in [5.74, 6) is 0. The van der Waals surface area contributed by atoms with Crippen molar-refractivity contribution in [2.75, 3.05) is 0 Å². The van der Waals surface area contributed by atoms with Crippen molar-refractivity contribution < 1.29 is 7.65 Å². The molecule has 3 N–H and O–H groups in total. The number of para-hydroxylation sites is 1. The van der Waals surface area contributed by atoms with Crippen molar-refractivity contribution in [1.29, 1.82) is 0 Å². The van der Waals surface area contributed by atoms with E-state index in [1.807, 2.05) is 30.5 Å². The number of carbonyl (C=O) groups excluding carboxylic acids is 1. The lowest BCUT2D eigenvalue weighted by molar-refractivity contribution is -0.108. The largest absolute Gasteiger partial charge is 0.361 e. The highest BCUT2D eigenvalue weighted by molar-refractivity contribution is 5.83. The van der Waals surface area contributed by atoms with E-state index in [-0.39, 0.29) is 2.85 Å². The smallest absolute Gasteiger partial charge is 0.137 e. The number of rotatable bonds is 3. The van der Waals surface area contributed by atoms with Crippen molar-refractivity contribution in [3.05, 3.63) is 36.0 Å². The zero-order valence-electron chi connectivity index (χ0n) is 7.73. The number of aromatic amines is 1. The van der Waals surface area contributed by atoms with Gasteiger partial charge in [0.2, 0.25) is 0 Å². The molecule has 14 heavy (non-hydrogen) atoms. The van der Waals surface area contributed by atoms with E-state index in [1.54, 1.807) is 0 Å². The minimum Gasteiger partial charge on any atom is -0.361 e. The molecule has 3 heteroatoms. The van der Waals surface area contributed by atoms with Gasteiger partial charge in [-0.3, -0.25) is 0 Å². The van der Waals surface area contributed by atoms with Gasteiger partial charge in [0.1, 0.15) is 6.29 Å². The summed E-state index contributed by atoms with van der Waals surface area (Å²) in [7, 11) is 0. The molecule has 0 amide bonds. The Balaban J connectivity index is 0.00000112. The Morgan fingerprint density at radius 1 is 1.50 bits per heavy atom. The number of hydrogen-bond donors (Lipinski definition) is 2. The van der Waals surface area contributed by atoms with Crippen LogP contribution < -0.4 is 5.73 Å². The molecule has 2 aromatic rings. The van der Waals surface area contributed by atoms with E-state index in [1.165, 1.54) is 0 Å². The van der Waals surface area contributed by atoms with Gasteiger partial charge < -0.3 is 15.5 Å². The molecule has 0 aliphatic heterocycles. The number of nitrogens with two attached hydrogens (primary N) is 1. The lowest BCUT2D eigenvalue weighted by Crippen LogP contribution is -2.23. The molecule has 0 saturated carbocycles. The molecule has 0 spiro atoms. The number of fused-ring (bicyclic) bond motifs is 1. The maximum absolute atomic E-state index is 10.4. The zero-order chi connectivity index (χ0) is 9.97. The van der Waals surface area contributed by atoms with Crippen LogP contribution in [0.3, 0.4) is 0 Å². The number of benzene rings is 1. The van der Waals surface area contributed by atoms with Crippen molar-refractivity contribution in [1.82, 2.24) is 4.98 Å². The molecule has 0 unspecified atom stereocenters. The molecule has 1 aromatic carbocycles. The summed E-state index contributed by atoms with van der Waals surface area (Å²) >= 11 is 0. The van der Waals surface area contributed by atoms with Crippen LogP contribution in [0, 0.1) is 0 Å². The monoisotopic (exact) mass is 192 g/mol. The number of hydrogen-bond acceptors (Lipinski definition) is 2. The minimum atomic E-state index is -0.408. The summed E-state index contributed by atoms with van der Waals surface area (Å²) in [4.78, 5) is 13.6. The second-order valence-corrected chi connectivity index (χ2v) is 3.36. The summed E-state index contributed by atoms with van der Waals surface area (Å²) in [5, 5.41) is 1.14. The first-order chi connectivity index (χ1) is 6.81. The molecule has 0 radical (unpaired) electrons. The van der Waals surface area contributed by atoms with Gasteiger partial charge in [-0.05, 0) is 18.1 Å². The lowest BCUT2D eigenvalue weighted by Gasteiger charge is -2.01. The molecule has 1 aromatic heterocycles. The van der Waals surface area contributed by atoms with Gasteiger partial charge in [-0.25, -0.2) is 0 Å². The highest BCUT2D eigenvalue weighted by atomic mass is 16.1. The second-order valence-electron chi connectivity index (χ2n) is 3.36. The van der Waals surface area contributed by atoms with Crippen LogP contribution in [0.1, 0.15) is 8.42 Å². The van der Waals surface area contributed by atoms with Crippen molar-refractivity contribution in [3.8, 4) is 0 Å². The Bertz CT molecular complexity index is 456. The lowest BCUT2D eigenvalue weighted by atomic mass is 10.1. The Morgan fingerprint density at radius 2 is 2.29 bits per heavy atom. The van der Waals surface area contributed by atoms with Crippen LogP contribution in [-0.4, -0.2) is 17.3 Å². The summed E-state index contributed by atoms with van der Waals surface area (Å²) < 4.78 is 0. The van der Waals surface area contributed by atoms with Crippen LogP contribution in [0.5, 0.6) is 0 Å². The van der Waals surface area contributed by atoms with Crippen LogP contribution in [0.2, 0.25) is 0 Å². The van der Waals surface area contributed by atoms with E-state index >= 15 is 0 Å². The molecular weight excluding hydrogens is 176 g/mol. The van der Waals surface area contributed by atoms with Crippen molar-refractivity contribution in [2.45, 2.75) is 12.5 Å². The molecular formula is C11H16N2O. The number of H-pyrrole nitrogens is 1. The van der Waals surface area contributed by atoms with E-state index in [2.05, 4.69) is 4.98 Å². The van der Waals surface area contributed by atoms with Gasteiger partial charge in [0, 0.05) is 20.0 Å². The summed E-state index contributed by atoms with van der Waals surface area (Å²) in [6.07, 6.45) is 3.28. The van der Waals surface area contributed by atoms with E-state index in [9.17, 15) is 4.79 Å². The van der Waals surface area contributed by atoms with Gasteiger partial charge in [0.25, 0.3) is 0 Å². The third-order valence-electron chi connectivity index (χ3n) is 2.31. The van der Waals surface area contributed by atoms with Crippen LogP contribution in [0.4, 0.5) is 0 Å². The summed E-state index contributed by atoms with van der Waals surface area (Å²) in [6.45, 7) is 0. The first kappa shape index (κ1) is 8.97. The van der Waals surface area contributed by atoms with Crippen molar-refractivity contribution in [3.63, 3.8) is 0 Å². The van der Waals surface area contributed by atoms with E-state index in [0.29, 0.717) is 6.42 Å². The van der Waals surface area contributed by atoms with Crippen molar-refractivity contribution >= 4 is 17.2 Å². The predicted octanol–water partition coefficient (Wildman–Crippen LogP) is 1.73. The Morgan fingerprint density at radius 3 is 3.07 bits per heavy atom. The molecule has 2 rings (SSSR count). The fraction of sp³-hybridized carbons (Fsp3) is 0.182. The predicted molar refractivity (Wildman–Crippen MR) is 60.3 cm³/mol. The molecule has 0 fully saturated rings. The first-order valence-electron chi connectivity index (χ1n) is 4.57. The Hall–Kier alpha value is -1.61. The van der Waals surface area contributed by atoms with E-state index in [0.717, 1.165) is 22.8 Å². The number of carbonyl (C=O) groups is 1. The quantitative estimate of drug-likeness (QED) is 0.727. The molecule has 3 nitrogen and oxygen atoms in total. The van der Waals surface area contributed by atoms with Crippen LogP contribution >= 0.6 is 0 Å². The molecule has 0 aliphatic carbocycles. The second kappa shape index (κ2) is 3.64. The molecule has 0 bridgehead atoms. The van der Waals surface area contributed by atoms with Gasteiger partial charge in [-0.15, -0.1) is 0 Å². The number of aldehydes is 1. The molecule has 1 atom stereocenters. The Labute approximate surface area is 84.9 Å². The van der Waals surface area contributed by atoms with Gasteiger partial charge >= 0.3 is 0 Å². The van der Waals surface area contributed by atoms with Gasteiger partial charge in [-0.2, -0.15) is 0 Å². The van der Waals surface area contributed by atoms with E-state index < -0.39 is 6.04 Å². The van der Waals surface area contributed by atoms with E-state index in [4.69, 9.17) is 5.73 Å². The number of nitrogens with one attached hydrogen (secondary N) is 1. The Kier molecular flexibility index (Phi) is 2.33. The topological polar surface area (TPSA) is 58.9 Å². The maximum atomic E-state index is 10.4. The third kappa shape index (κ3) is 1.54. The zero-order valence-corrected chi connectivity index (χ0v) is 7.73. The van der Waals surface area contributed by atoms with Crippen LogP contribution in [0.15, 0.2) is 30.5 Å². The summed E-state index contributed by atoms with van der Waals surface area (Å²) in [6, 6.07) is 7.58. The highest BCUT2D eigenvalue weighted by Gasteiger charge is 2.06. The third-order valence-corrected chi connectivity index (χ3v) is 2.31. The summed E-state index contributed by atoms with van der Waals surface area (Å²) in [5.41, 5.74) is 7.75. The molecule has 76 valence electrons. The normalized spacial score (nSPS) is 12.9. The number of aromatic nitrogens is 1. The molecule has 1 heterocycles. The first-order valence-corrected chi connectivity index (χ1v) is 4.57. The standard InChI is InChI=1S/C11H12N2O.2H2/c12-9(7-14)5-8-6-13-11-4-2-1-3-10(8)11;;/h1-4,6-7,9,13H,5,12H2;2*1H/t9-;;/m0../s1. The average molecular weight is 192 g/mol. The van der Waals surface area contributed by atoms with Gasteiger partial charge in [-0.1, -0.05) is 18.2 Å². The van der Waals surface area contributed by atoms with Gasteiger partial charge in [0.05, 0.1) is 6.04 Å². The fourth-order valence-electron chi connectivity index (χ4n) is 1.60. The van der Waals surface area contributed by atoms with Crippen LogP contribution in [0.25, 0.3) is 10.9 Å². The highest BCUT2D eigenvalue weighted by Crippen LogP contribution is 2.18. The SMILES string of the molecule is N[C@H](C=O)Cc1c[nH]c2ccccc12.[HH].[HH]. The van der Waals surface area contributed by atoms with Crippen LogP contribution in [-0.2, 0) is 11.2 Å². The molecule has 0 saturated heterocycles. The van der Waals surface area contributed by atoms with Crippen molar-refractivity contribution in [2.24, 2.45) is 5.73 Å².